The Balaban J connectivity index is 2.57. The first kappa shape index (κ1) is 15.5. The van der Waals surface area contributed by atoms with Gasteiger partial charge in [-0.3, -0.25) is 9.98 Å². The third kappa shape index (κ3) is 5.73. The van der Waals surface area contributed by atoms with Gasteiger partial charge in [0.2, 0.25) is 0 Å². The molecule has 0 aliphatic rings. The van der Waals surface area contributed by atoms with E-state index >= 15 is 0 Å². The van der Waals surface area contributed by atoms with Crippen molar-refractivity contribution in [1.29, 1.82) is 0 Å². The number of nitrogens with zero attached hydrogens (tertiary/aromatic N) is 2. The minimum Gasteiger partial charge on any atom is -0.370 e. The second kappa shape index (κ2) is 8.51. The maximum atomic E-state index is 5.86. The first-order valence-electron chi connectivity index (χ1n) is 7.08. The number of rotatable bonds is 7. The minimum atomic E-state index is 0.361. The zero-order valence-electron chi connectivity index (χ0n) is 12.3. The quantitative estimate of drug-likeness (QED) is 0.451. The van der Waals surface area contributed by atoms with Crippen molar-refractivity contribution in [2.45, 2.75) is 39.5 Å². The third-order valence-corrected chi connectivity index (χ3v) is 3.21. The monoisotopic (exact) mass is 262 g/mol. The number of hydrogen-bond donors (Lipinski definition) is 2. The van der Waals surface area contributed by atoms with Crippen LogP contribution in [0.25, 0.3) is 0 Å². The normalized spacial score (nSPS) is 13.6. The molecule has 0 spiro atoms. The van der Waals surface area contributed by atoms with E-state index in [4.69, 9.17) is 5.73 Å². The van der Waals surface area contributed by atoms with Gasteiger partial charge in [0.25, 0.3) is 0 Å². The number of guanidine groups is 1. The van der Waals surface area contributed by atoms with Gasteiger partial charge < -0.3 is 11.1 Å². The summed E-state index contributed by atoms with van der Waals surface area (Å²) in [6.07, 6.45) is 5.99. The molecule has 0 aromatic carbocycles. The fourth-order valence-electron chi connectivity index (χ4n) is 1.94. The lowest BCUT2D eigenvalue weighted by molar-refractivity contribution is 0.505. The first-order valence-corrected chi connectivity index (χ1v) is 7.08. The van der Waals surface area contributed by atoms with Crippen molar-refractivity contribution >= 4 is 5.96 Å². The minimum absolute atomic E-state index is 0.361. The molecule has 0 amide bonds. The lowest BCUT2D eigenvalue weighted by atomic mass is 9.89. The Kier molecular flexibility index (Phi) is 6.93. The molecular formula is C15H26N4. The molecule has 1 unspecified atom stereocenters. The largest absolute Gasteiger partial charge is 0.370 e. The maximum absolute atomic E-state index is 5.86. The van der Waals surface area contributed by atoms with Crippen LogP contribution in [0.2, 0.25) is 0 Å². The van der Waals surface area contributed by atoms with E-state index < -0.39 is 0 Å². The van der Waals surface area contributed by atoms with Crippen molar-refractivity contribution in [2.24, 2.45) is 16.6 Å². The van der Waals surface area contributed by atoms with Crippen LogP contribution >= 0.6 is 0 Å². The Morgan fingerprint density at radius 3 is 2.84 bits per heavy atom. The van der Waals surface area contributed by atoms with E-state index in [0.717, 1.165) is 19.4 Å². The summed E-state index contributed by atoms with van der Waals surface area (Å²) < 4.78 is 0. The van der Waals surface area contributed by atoms with Gasteiger partial charge in [-0.05, 0) is 24.0 Å². The number of aromatic nitrogens is 1. The smallest absolute Gasteiger partial charge is 0.188 e. The second-order valence-corrected chi connectivity index (χ2v) is 5.14. The van der Waals surface area contributed by atoms with Crippen LogP contribution in [0.4, 0.5) is 0 Å². The van der Waals surface area contributed by atoms with Gasteiger partial charge in [0.1, 0.15) is 0 Å². The highest BCUT2D eigenvalue weighted by Crippen LogP contribution is 2.23. The Labute approximate surface area is 116 Å². The van der Waals surface area contributed by atoms with E-state index in [2.05, 4.69) is 42.1 Å². The number of pyridine rings is 1. The standard InChI is InChI=1S/C15H26N4/c1-4-5-9-18-15(16)19-11-14(12(2)3)13-7-6-8-17-10-13/h6-8,10,12,14H,4-5,9,11H2,1-3H3,(H3,16,18,19). The molecule has 0 radical (unpaired) electrons. The molecule has 1 atom stereocenters. The molecule has 3 N–H and O–H groups in total. The van der Waals surface area contributed by atoms with Crippen molar-refractivity contribution < 1.29 is 0 Å². The van der Waals surface area contributed by atoms with Gasteiger partial charge in [-0.2, -0.15) is 0 Å². The number of nitrogens with one attached hydrogen (secondary N) is 1. The lowest BCUT2D eigenvalue weighted by Gasteiger charge is -2.19. The van der Waals surface area contributed by atoms with Crippen molar-refractivity contribution in [3.8, 4) is 0 Å². The molecule has 0 saturated heterocycles. The molecule has 19 heavy (non-hydrogen) atoms. The highest BCUT2D eigenvalue weighted by molar-refractivity contribution is 5.77. The Morgan fingerprint density at radius 1 is 1.47 bits per heavy atom. The maximum Gasteiger partial charge on any atom is 0.188 e. The van der Waals surface area contributed by atoms with Gasteiger partial charge in [0.15, 0.2) is 5.96 Å². The topological polar surface area (TPSA) is 63.3 Å². The molecular weight excluding hydrogens is 236 g/mol. The number of nitrogens with two attached hydrogens (primary N) is 1. The average Bonchev–Trinajstić information content (AvgIpc) is 2.40. The molecule has 1 heterocycles. The van der Waals surface area contributed by atoms with Crippen LogP contribution in [0.15, 0.2) is 29.5 Å². The Hall–Kier alpha value is -1.58. The van der Waals surface area contributed by atoms with Crippen LogP contribution in [-0.2, 0) is 0 Å². The summed E-state index contributed by atoms with van der Waals surface area (Å²) in [6.45, 7) is 8.16. The van der Waals surface area contributed by atoms with Crippen LogP contribution in [0, 0.1) is 5.92 Å². The van der Waals surface area contributed by atoms with Gasteiger partial charge in [0.05, 0.1) is 0 Å². The van der Waals surface area contributed by atoms with Gasteiger partial charge in [-0.25, -0.2) is 0 Å². The lowest BCUT2D eigenvalue weighted by Crippen LogP contribution is -2.33. The van der Waals surface area contributed by atoms with Crippen LogP contribution in [0.5, 0.6) is 0 Å². The van der Waals surface area contributed by atoms with Crippen molar-refractivity contribution in [3.05, 3.63) is 30.1 Å². The van der Waals surface area contributed by atoms with Crippen molar-refractivity contribution in [2.75, 3.05) is 13.1 Å². The van der Waals surface area contributed by atoms with E-state index in [1.807, 2.05) is 12.3 Å². The number of unbranched alkanes of at least 4 members (excludes halogenated alkanes) is 1. The zero-order valence-corrected chi connectivity index (χ0v) is 12.3. The van der Waals surface area contributed by atoms with Gasteiger partial charge in [-0.1, -0.05) is 33.3 Å². The second-order valence-electron chi connectivity index (χ2n) is 5.14. The molecule has 0 bridgehead atoms. The number of aliphatic imine (C=N–C) groups is 1. The molecule has 1 rings (SSSR count). The van der Waals surface area contributed by atoms with Gasteiger partial charge in [-0.15, -0.1) is 0 Å². The van der Waals surface area contributed by atoms with Crippen molar-refractivity contribution in [1.82, 2.24) is 10.3 Å². The van der Waals surface area contributed by atoms with E-state index in [0.29, 0.717) is 24.3 Å². The van der Waals surface area contributed by atoms with Crippen LogP contribution in [0.3, 0.4) is 0 Å². The van der Waals surface area contributed by atoms with E-state index in [1.165, 1.54) is 5.56 Å². The van der Waals surface area contributed by atoms with Crippen molar-refractivity contribution in [3.63, 3.8) is 0 Å². The van der Waals surface area contributed by atoms with E-state index in [-0.39, 0.29) is 0 Å². The summed E-state index contributed by atoms with van der Waals surface area (Å²) in [7, 11) is 0. The van der Waals surface area contributed by atoms with Crippen LogP contribution in [0.1, 0.15) is 45.1 Å². The molecule has 1 aromatic heterocycles. The molecule has 0 saturated carbocycles. The zero-order chi connectivity index (χ0) is 14.1. The summed E-state index contributed by atoms with van der Waals surface area (Å²) in [4.78, 5) is 8.63. The van der Waals surface area contributed by atoms with Gasteiger partial charge >= 0.3 is 0 Å². The SMILES string of the molecule is CCCCNC(N)=NCC(c1cccnc1)C(C)C. The Morgan fingerprint density at radius 2 is 2.26 bits per heavy atom. The molecule has 0 aliphatic heterocycles. The highest BCUT2D eigenvalue weighted by Gasteiger charge is 2.15. The fourth-order valence-corrected chi connectivity index (χ4v) is 1.94. The predicted molar refractivity (Wildman–Crippen MR) is 81.2 cm³/mol. The summed E-state index contributed by atoms with van der Waals surface area (Å²) in [5.41, 5.74) is 7.09. The molecule has 106 valence electrons. The highest BCUT2D eigenvalue weighted by atomic mass is 15.1. The molecule has 0 aliphatic carbocycles. The summed E-state index contributed by atoms with van der Waals surface area (Å²) in [6, 6.07) is 4.07. The number of hydrogen-bond acceptors (Lipinski definition) is 2. The predicted octanol–water partition coefficient (Wildman–Crippen LogP) is 2.53. The van der Waals surface area contributed by atoms with E-state index in [9.17, 15) is 0 Å². The third-order valence-electron chi connectivity index (χ3n) is 3.21. The summed E-state index contributed by atoms with van der Waals surface area (Å²) in [5.74, 6) is 1.42. The van der Waals surface area contributed by atoms with E-state index in [1.54, 1.807) is 6.20 Å². The fraction of sp³-hybridized carbons (Fsp3) is 0.600. The molecule has 1 aromatic rings. The molecule has 4 nitrogen and oxygen atoms in total. The molecule has 0 fully saturated rings. The Bertz CT molecular complexity index is 373. The average molecular weight is 262 g/mol. The van der Waals surface area contributed by atoms with Gasteiger partial charge in [0, 0.05) is 31.4 Å². The first-order chi connectivity index (χ1) is 9.15. The van der Waals surface area contributed by atoms with Crippen LogP contribution < -0.4 is 11.1 Å². The summed E-state index contributed by atoms with van der Waals surface area (Å²) >= 11 is 0. The molecule has 4 heteroatoms. The summed E-state index contributed by atoms with van der Waals surface area (Å²) in [5, 5.41) is 3.14. The van der Waals surface area contributed by atoms with Crippen LogP contribution in [-0.4, -0.2) is 24.0 Å².